The molecule has 0 N–H and O–H groups in total. The highest BCUT2D eigenvalue weighted by molar-refractivity contribution is 7.80. The maximum absolute atomic E-state index is 10.4. The van der Waals surface area contributed by atoms with E-state index in [1.165, 1.54) is 0 Å². The second-order valence-electron chi connectivity index (χ2n) is 2.41. The van der Waals surface area contributed by atoms with Gasteiger partial charge in [-0.15, -0.1) is 12.6 Å². The minimum atomic E-state index is -0.483. The van der Waals surface area contributed by atoms with Crippen LogP contribution in [-0.2, 0) is 0 Å². The molecule has 6 heteroatoms. The number of thiazole rings is 1. The van der Waals surface area contributed by atoms with Crippen molar-refractivity contribution in [1.82, 2.24) is 4.98 Å². The molecule has 13 heavy (non-hydrogen) atoms. The van der Waals surface area contributed by atoms with Crippen LogP contribution in [0.1, 0.15) is 0 Å². The lowest BCUT2D eigenvalue weighted by Crippen LogP contribution is -1.84. The zero-order valence-electron chi connectivity index (χ0n) is 6.30. The van der Waals surface area contributed by atoms with Crippen LogP contribution in [0.15, 0.2) is 23.1 Å². The fourth-order valence-corrected chi connectivity index (χ4v) is 1.94. The highest BCUT2D eigenvalue weighted by Gasteiger charge is 2.14. The van der Waals surface area contributed by atoms with E-state index in [1.807, 2.05) is 0 Å². The van der Waals surface area contributed by atoms with Gasteiger partial charge in [-0.1, -0.05) is 0 Å². The highest BCUT2D eigenvalue weighted by atomic mass is 32.1. The second-order valence-corrected chi connectivity index (χ2v) is 3.93. The average Bonchev–Trinajstić information content (AvgIpc) is 2.46. The van der Waals surface area contributed by atoms with Crippen LogP contribution >= 0.6 is 24.0 Å². The number of aromatic nitrogens is 1. The van der Waals surface area contributed by atoms with Crippen molar-refractivity contribution in [3.05, 3.63) is 28.3 Å². The Hall–Kier alpha value is -1.14. The first-order chi connectivity index (χ1) is 6.16. The monoisotopic (exact) mass is 212 g/mol. The third kappa shape index (κ3) is 1.50. The summed E-state index contributed by atoms with van der Waals surface area (Å²) in [4.78, 5) is 14.5. The number of hydrogen-bond donors (Lipinski definition) is 1. The molecule has 0 spiro atoms. The first-order valence-corrected chi connectivity index (χ1v) is 4.67. The molecule has 0 aliphatic rings. The fourth-order valence-electron chi connectivity index (χ4n) is 0.982. The molecule has 0 amide bonds. The molecule has 0 saturated carbocycles. The Kier molecular flexibility index (Phi) is 1.93. The van der Waals surface area contributed by atoms with E-state index in [2.05, 4.69) is 17.6 Å². The van der Waals surface area contributed by atoms with Crippen LogP contribution in [-0.4, -0.2) is 9.91 Å². The van der Waals surface area contributed by atoms with E-state index in [0.29, 0.717) is 5.52 Å². The minimum absolute atomic E-state index is 0.0751. The van der Waals surface area contributed by atoms with E-state index in [1.54, 1.807) is 18.2 Å². The van der Waals surface area contributed by atoms with Gasteiger partial charge in [0.1, 0.15) is 0 Å². The number of nitrogens with zero attached hydrogens (tertiary/aromatic N) is 2. The van der Waals surface area contributed by atoms with Crippen LogP contribution < -0.4 is 0 Å². The van der Waals surface area contributed by atoms with Crippen LogP contribution in [0.4, 0.5) is 5.13 Å². The second kappa shape index (κ2) is 2.97. The van der Waals surface area contributed by atoms with E-state index >= 15 is 0 Å². The van der Waals surface area contributed by atoms with Crippen LogP contribution in [0.25, 0.3) is 10.2 Å². The lowest BCUT2D eigenvalue weighted by atomic mass is 10.3. The SMILES string of the molecule is O=[N+]([O-])c1nc2cc(S)ccc2s1. The Balaban J connectivity index is 2.68. The van der Waals surface area contributed by atoms with Crippen molar-refractivity contribution in [2.75, 3.05) is 0 Å². The maximum atomic E-state index is 10.4. The maximum Gasteiger partial charge on any atom is 0.424 e. The predicted octanol–water partition coefficient (Wildman–Crippen LogP) is 2.49. The quantitative estimate of drug-likeness (QED) is 0.449. The molecule has 0 fully saturated rings. The number of fused-ring (bicyclic) bond motifs is 1. The van der Waals surface area contributed by atoms with Crippen molar-refractivity contribution in [2.45, 2.75) is 4.90 Å². The normalized spacial score (nSPS) is 10.5. The zero-order valence-corrected chi connectivity index (χ0v) is 8.01. The average molecular weight is 212 g/mol. The van der Waals surface area contributed by atoms with Crippen LogP contribution in [0.2, 0.25) is 0 Å². The smallest absolute Gasteiger partial charge is 0.357 e. The largest absolute Gasteiger partial charge is 0.424 e. The van der Waals surface area contributed by atoms with E-state index in [4.69, 9.17) is 0 Å². The summed E-state index contributed by atoms with van der Waals surface area (Å²) in [5.41, 5.74) is 0.629. The minimum Gasteiger partial charge on any atom is -0.357 e. The summed E-state index contributed by atoms with van der Waals surface area (Å²) in [6.07, 6.45) is 0. The number of rotatable bonds is 1. The van der Waals surface area contributed by atoms with E-state index in [9.17, 15) is 10.1 Å². The number of hydrogen-bond acceptors (Lipinski definition) is 5. The van der Waals surface area contributed by atoms with Gasteiger partial charge in [0.25, 0.3) is 0 Å². The molecule has 1 aromatic carbocycles. The summed E-state index contributed by atoms with van der Waals surface area (Å²) >= 11 is 5.19. The van der Waals surface area contributed by atoms with Gasteiger partial charge in [0.2, 0.25) is 0 Å². The summed E-state index contributed by atoms with van der Waals surface area (Å²) in [7, 11) is 0. The Bertz CT molecular complexity index is 480. The van der Waals surface area contributed by atoms with Gasteiger partial charge >= 0.3 is 5.13 Å². The Morgan fingerprint density at radius 2 is 2.31 bits per heavy atom. The molecule has 4 nitrogen and oxygen atoms in total. The van der Waals surface area contributed by atoms with Gasteiger partial charge in [0.15, 0.2) is 5.52 Å². The predicted molar refractivity (Wildman–Crippen MR) is 53.5 cm³/mol. The van der Waals surface area contributed by atoms with Gasteiger partial charge in [-0.3, -0.25) is 0 Å². The molecule has 2 aromatic rings. The van der Waals surface area contributed by atoms with Crippen molar-refractivity contribution < 1.29 is 4.92 Å². The standard InChI is InChI=1S/C7H4N2O2S2/c10-9(11)7-8-5-3-4(12)1-2-6(5)13-7/h1-3,12H. The Morgan fingerprint density at radius 1 is 1.54 bits per heavy atom. The van der Waals surface area contributed by atoms with E-state index < -0.39 is 4.92 Å². The van der Waals surface area contributed by atoms with Crippen molar-refractivity contribution in [3.63, 3.8) is 0 Å². The first kappa shape index (κ1) is 8.46. The molecular formula is C7H4N2O2S2. The van der Waals surface area contributed by atoms with Gasteiger partial charge in [-0.2, -0.15) is 0 Å². The summed E-state index contributed by atoms with van der Waals surface area (Å²) < 4.78 is 0.810. The molecule has 0 aliphatic heterocycles. The number of thiol groups is 1. The van der Waals surface area contributed by atoms with E-state index in [-0.39, 0.29) is 5.13 Å². The van der Waals surface area contributed by atoms with E-state index in [0.717, 1.165) is 20.9 Å². The summed E-state index contributed by atoms with van der Waals surface area (Å²) in [6, 6.07) is 5.28. The number of benzene rings is 1. The molecule has 0 unspecified atom stereocenters. The van der Waals surface area contributed by atoms with Crippen molar-refractivity contribution in [2.24, 2.45) is 0 Å². The third-order valence-electron chi connectivity index (χ3n) is 1.52. The molecule has 0 aliphatic carbocycles. The fraction of sp³-hybridized carbons (Fsp3) is 0. The molecule has 0 saturated heterocycles. The van der Waals surface area contributed by atoms with Gasteiger partial charge in [-0.05, 0) is 33.4 Å². The molecule has 0 bridgehead atoms. The lowest BCUT2D eigenvalue weighted by molar-refractivity contribution is -0.384. The molecular weight excluding hydrogens is 208 g/mol. The van der Waals surface area contributed by atoms with Gasteiger partial charge in [0.05, 0.1) is 4.70 Å². The molecule has 1 heterocycles. The molecule has 1 aromatic heterocycles. The Morgan fingerprint density at radius 3 is 3.00 bits per heavy atom. The van der Waals surface area contributed by atoms with Crippen molar-refractivity contribution >= 4 is 39.3 Å². The molecule has 2 rings (SSSR count). The zero-order chi connectivity index (χ0) is 9.42. The van der Waals surface area contributed by atoms with Crippen LogP contribution in [0.5, 0.6) is 0 Å². The summed E-state index contributed by atoms with van der Waals surface area (Å²) in [5, 5.41) is 10.3. The molecule has 0 radical (unpaired) electrons. The lowest BCUT2D eigenvalue weighted by Gasteiger charge is -1.84. The van der Waals surface area contributed by atoms with Crippen molar-refractivity contribution in [3.8, 4) is 0 Å². The van der Waals surface area contributed by atoms with Crippen LogP contribution in [0, 0.1) is 10.1 Å². The third-order valence-corrected chi connectivity index (χ3v) is 2.78. The first-order valence-electron chi connectivity index (χ1n) is 3.41. The van der Waals surface area contributed by atoms with Gasteiger partial charge in [0, 0.05) is 11.0 Å². The van der Waals surface area contributed by atoms with Crippen LogP contribution in [0.3, 0.4) is 0 Å². The summed E-state index contributed by atoms with van der Waals surface area (Å²) in [6.45, 7) is 0. The Labute approximate surface area is 82.8 Å². The topological polar surface area (TPSA) is 56.0 Å². The molecule has 0 atom stereocenters. The van der Waals surface area contributed by atoms with Crippen molar-refractivity contribution in [1.29, 1.82) is 0 Å². The molecule has 66 valence electrons. The number of nitro groups is 1. The highest BCUT2D eigenvalue weighted by Crippen LogP contribution is 2.28. The van der Waals surface area contributed by atoms with Gasteiger partial charge in [-0.25, -0.2) is 0 Å². The van der Waals surface area contributed by atoms with Gasteiger partial charge < -0.3 is 10.1 Å². The summed E-state index contributed by atoms with van der Waals surface area (Å²) in [5.74, 6) is 0.